The Morgan fingerprint density at radius 1 is 1.46 bits per heavy atom. The van der Waals surface area contributed by atoms with Crippen LogP contribution >= 0.6 is 0 Å². The lowest BCUT2D eigenvalue weighted by atomic mass is 10.1. The molecule has 2 amide bonds. The number of likely N-dealkylation sites (tertiary alicyclic amines) is 1. The first-order chi connectivity index (χ1) is 11.7. The smallest absolute Gasteiger partial charge is 0.317 e. The molecule has 128 valence electrons. The zero-order chi connectivity index (χ0) is 16.8. The summed E-state index contributed by atoms with van der Waals surface area (Å²) in [6.07, 6.45) is 6.00. The molecule has 7 heteroatoms. The van der Waals surface area contributed by atoms with Gasteiger partial charge in [-0.2, -0.15) is 0 Å². The van der Waals surface area contributed by atoms with Crippen molar-refractivity contribution in [2.75, 3.05) is 13.1 Å². The minimum atomic E-state index is -0.0794. The van der Waals surface area contributed by atoms with E-state index in [2.05, 4.69) is 15.5 Å². The number of nitrogens with zero attached hydrogens (tertiary/aromatic N) is 3. The zero-order valence-electron chi connectivity index (χ0n) is 13.8. The summed E-state index contributed by atoms with van der Waals surface area (Å²) in [5.74, 6) is 1.45. The molecule has 1 aliphatic rings. The fourth-order valence-corrected chi connectivity index (χ4v) is 2.67. The zero-order valence-corrected chi connectivity index (χ0v) is 13.8. The highest BCUT2D eigenvalue weighted by Crippen LogP contribution is 2.18. The summed E-state index contributed by atoms with van der Waals surface area (Å²) in [5.41, 5.74) is 0.896. The lowest BCUT2D eigenvalue weighted by Gasteiger charge is -2.32. The van der Waals surface area contributed by atoms with E-state index in [9.17, 15) is 4.79 Å². The Kier molecular flexibility index (Phi) is 5.30. The minimum absolute atomic E-state index is 0.0794. The van der Waals surface area contributed by atoms with Crippen LogP contribution in [0.3, 0.4) is 0 Å². The first kappa shape index (κ1) is 16.3. The summed E-state index contributed by atoms with van der Waals surface area (Å²) in [6, 6.07) is 5.54. The van der Waals surface area contributed by atoms with Crippen LogP contribution in [0.5, 0.6) is 5.75 Å². The van der Waals surface area contributed by atoms with Gasteiger partial charge >= 0.3 is 6.03 Å². The Labute approximate surface area is 141 Å². The Morgan fingerprint density at radius 2 is 2.29 bits per heavy atom. The average Bonchev–Trinajstić information content (AvgIpc) is 3.09. The lowest BCUT2D eigenvalue weighted by Crippen LogP contribution is -2.46. The van der Waals surface area contributed by atoms with Gasteiger partial charge in [0.2, 0.25) is 0 Å². The molecule has 1 saturated heterocycles. The van der Waals surface area contributed by atoms with Gasteiger partial charge < -0.3 is 19.5 Å². The van der Waals surface area contributed by atoms with Crippen LogP contribution in [0.15, 0.2) is 35.1 Å². The number of amides is 2. The Hall–Kier alpha value is -2.57. The van der Waals surface area contributed by atoms with Gasteiger partial charge in [-0.05, 0) is 18.6 Å². The van der Waals surface area contributed by atoms with E-state index in [1.165, 1.54) is 0 Å². The second-order valence-corrected chi connectivity index (χ2v) is 5.79. The van der Waals surface area contributed by atoms with Crippen molar-refractivity contribution in [2.45, 2.75) is 38.8 Å². The Morgan fingerprint density at radius 3 is 2.96 bits per heavy atom. The van der Waals surface area contributed by atoms with Crippen molar-refractivity contribution >= 4 is 6.03 Å². The van der Waals surface area contributed by atoms with E-state index in [0.29, 0.717) is 25.4 Å². The molecule has 1 aliphatic heterocycles. The van der Waals surface area contributed by atoms with E-state index in [-0.39, 0.29) is 12.1 Å². The van der Waals surface area contributed by atoms with Gasteiger partial charge in [0.25, 0.3) is 0 Å². The molecule has 0 saturated carbocycles. The van der Waals surface area contributed by atoms with Crippen molar-refractivity contribution in [2.24, 2.45) is 0 Å². The molecular formula is C17H22N4O3. The van der Waals surface area contributed by atoms with E-state index in [1.54, 1.807) is 17.3 Å². The van der Waals surface area contributed by atoms with E-state index in [0.717, 1.165) is 30.7 Å². The third kappa shape index (κ3) is 4.24. The van der Waals surface area contributed by atoms with Crippen molar-refractivity contribution in [3.05, 3.63) is 42.0 Å². The first-order valence-electron chi connectivity index (χ1n) is 8.28. The number of pyridine rings is 1. The quantitative estimate of drug-likeness (QED) is 0.910. The number of nitrogens with one attached hydrogen (secondary N) is 1. The predicted octanol–water partition coefficient (Wildman–Crippen LogP) is 2.39. The SMILES string of the molecule is CCc1cc(CNC(=O)N2CCC(Oc3cccnc3)CC2)on1. The third-order valence-corrected chi connectivity index (χ3v) is 4.05. The van der Waals surface area contributed by atoms with E-state index in [1.807, 2.05) is 25.1 Å². The molecule has 0 atom stereocenters. The number of carbonyl (C=O) groups is 1. The molecule has 2 aromatic heterocycles. The molecule has 0 unspecified atom stereocenters. The Balaban J connectivity index is 1.41. The molecule has 1 N–H and O–H groups in total. The fourth-order valence-electron chi connectivity index (χ4n) is 2.67. The summed E-state index contributed by atoms with van der Waals surface area (Å²) < 4.78 is 11.1. The number of hydrogen-bond donors (Lipinski definition) is 1. The lowest BCUT2D eigenvalue weighted by molar-refractivity contribution is 0.110. The van der Waals surface area contributed by atoms with Gasteiger partial charge in [-0.25, -0.2) is 4.79 Å². The van der Waals surface area contributed by atoms with Gasteiger partial charge in [0.15, 0.2) is 5.76 Å². The highest BCUT2D eigenvalue weighted by molar-refractivity contribution is 5.74. The maximum Gasteiger partial charge on any atom is 0.317 e. The van der Waals surface area contributed by atoms with Crippen molar-refractivity contribution in [3.8, 4) is 5.75 Å². The highest BCUT2D eigenvalue weighted by Gasteiger charge is 2.24. The van der Waals surface area contributed by atoms with E-state index in [4.69, 9.17) is 9.26 Å². The summed E-state index contributed by atoms with van der Waals surface area (Å²) in [4.78, 5) is 18.1. The highest BCUT2D eigenvalue weighted by atomic mass is 16.5. The number of ether oxygens (including phenoxy) is 1. The van der Waals surface area contributed by atoms with Gasteiger partial charge in [-0.15, -0.1) is 0 Å². The first-order valence-corrected chi connectivity index (χ1v) is 8.28. The average molecular weight is 330 g/mol. The number of hydrogen-bond acceptors (Lipinski definition) is 5. The summed E-state index contributed by atoms with van der Waals surface area (Å²) in [6.45, 7) is 3.72. The van der Waals surface area contributed by atoms with Gasteiger partial charge in [0, 0.05) is 38.2 Å². The van der Waals surface area contributed by atoms with Crippen LogP contribution in [-0.4, -0.2) is 40.3 Å². The molecular weight excluding hydrogens is 308 g/mol. The standard InChI is InChI=1S/C17H22N4O3/c1-2-13-10-16(24-20-13)12-19-17(22)21-8-5-14(6-9-21)23-15-4-3-7-18-11-15/h3-4,7,10-11,14H,2,5-6,8-9,12H2,1H3,(H,19,22). The van der Waals surface area contributed by atoms with Gasteiger partial charge in [-0.3, -0.25) is 4.98 Å². The third-order valence-electron chi connectivity index (χ3n) is 4.05. The summed E-state index contributed by atoms with van der Waals surface area (Å²) in [5, 5.41) is 6.79. The maximum atomic E-state index is 12.2. The van der Waals surface area contributed by atoms with E-state index < -0.39 is 0 Å². The largest absolute Gasteiger partial charge is 0.489 e. The second kappa shape index (κ2) is 7.81. The van der Waals surface area contributed by atoms with Crippen molar-refractivity contribution < 1.29 is 14.1 Å². The number of urea groups is 1. The van der Waals surface area contributed by atoms with Crippen LogP contribution in [0.1, 0.15) is 31.2 Å². The molecule has 0 aliphatic carbocycles. The molecule has 2 aromatic rings. The van der Waals surface area contributed by atoms with Crippen molar-refractivity contribution in [1.29, 1.82) is 0 Å². The molecule has 0 spiro atoms. The normalized spacial score (nSPS) is 15.3. The molecule has 1 fully saturated rings. The van der Waals surface area contributed by atoms with Gasteiger partial charge in [0.05, 0.1) is 18.4 Å². The molecule has 0 bridgehead atoms. The molecule has 7 nitrogen and oxygen atoms in total. The number of piperidine rings is 1. The monoisotopic (exact) mass is 330 g/mol. The van der Waals surface area contributed by atoms with Crippen molar-refractivity contribution in [3.63, 3.8) is 0 Å². The number of rotatable bonds is 5. The van der Waals surface area contributed by atoms with Crippen LogP contribution in [0, 0.1) is 0 Å². The van der Waals surface area contributed by atoms with Gasteiger partial charge in [0.1, 0.15) is 11.9 Å². The molecule has 24 heavy (non-hydrogen) atoms. The second-order valence-electron chi connectivity index (χ2n) is 5.79. The molecule has 3 heterocycles. The Bertz CT molecular complexity index is 651. The number of aromatic nitrogens is 2. The van der Waals surface area contributed by atoms with Crippen molar-refractivity contribution in [1.82, 2.24) is 20.4 Å². The molecule has 3 rings (SSSR count). The van der Waals surface area contributed by atoms with Crippen LogP contribution in [0.25, 0.3) is 0 Å². The summed E-state index contributed by atoms with van der Waals surface area (Å²) in [7, 11) is 0. The topological polar surface area (TPSA) is 80.5 Å². The van der Waals surface area contributed by atoms with Crippen LogP contribution in [0.4, 0.5) is 4.79 Å². The fraction of sp³-hybridized carbons (Fsp3) is 0.471. The van der Waals surface area contributed by atoms with Gasteiger partial charge in [-0.1, -0.05) is 12.1 Å². The predicted molar refractivity (Wildman–Crippen MR) is 87.6 cm³/mol. The summed E-state index contributed by atoms with van der Waals surface area (Å²) >= 11 is 0. The van der Waals surface area contributed by atoms with Crippen LogP contribution in [-0.2, 0) is 13.0 Å². The molecule has 0 radical (unpaired) electrons. The minimum Gasteiger partial charge on any atom is -0.489 e. The number of carbonyl (C=O) groups excluding carboxylic acids is 1. The maximum absolute atomic E-state index is 12.2. The van der Waals surface area contributed by atoms with Crippen LogP contribution in [0.2, 0.25) is 0 Å². The van der Waals surface area contributed by atoms with E-state index >= 15 is 0 Å². The van der Waals surface area contributed by atoms with Crippen LogP contribution < -0.4 is 10.1 Å². The molecule has 0 aromatic carbocycles. The number of aryl methyl sites for hydroxylation is 1.